The van der Waals surface area contributed by atoms with Gasteiger partial charge >= 0.3 is 0 Å². The van der Waals surface area contributed by atoms with E-state index in [1.165, 1.54) is 24.3 Å². The number of hydrogen-bond donors (Lipinski definition) is 2. The van der Waals surface area contributed by atoms with E-state index in [9.17, 15) is 13.6 Å². The van der Waals surface area contributed by atoms with Gasteiger partial charge in [-0.15, -0.1) is 0 Å². The van der Waals surface area contributed by atoms with Crippen LogP contribution in [-0.4, -0.2) is 5.91 Å². The molecule has 3 N–H and O–H groups in total. The van der Waals surface area contributed by atoms with Crippen molar-refractivity contribution in [1.82, 2.24) is 0 Å². The van der Waals surface area contributed by atoms with Gasteiger partial charge in [-0.1, -0.05) is 17.7 Å². The van der Waals surface area contributed by atoms with Crippen LogP contribution in [0.5, 0.6) is 0 Å². The molecular formula is C14H11ClF2N2O. The minimum atomic E-state index is -0.653. The number of amides is 1. The number of halogens is 3. The van der Waals surface area contributed by atoms with Crippen LogP contribution < -0.4 is 11.1 Å². The van der Waals surface area contributed by atoms with Crippen molar-refractivity contribution in [3.63, 3.8) is 0 Å². The van der Waals surface area contributed by atoms with Crippen LogP contribution in [0.15, 0.2) is 36.4 Å². The third-order valence-corrected chi connectivity index (χ3v) is 3.04. The van der Waals surface area contributed by atoms with E-state index in [1.54, 1.807) is 6.07 Å². The molecule has 104 valence electrons. The number of rotatable bonds is 4. The lowest BCUT2D eigenvalue weighted by Crippen LogP contribution is -2.12. The molecule has 6 heteroatoms. The molecule has 3 nitrogen and oxygen atoms in total. The molecule has 0 unspecified atom stereocenters. The van der Waals surface area contributed by atoms with Gasteiger partial charge in [-0.25, -0.2) is 8.78 Å². The quantitative estimate of drug-likeness (QED) is 0.909. The van der Waals surface area contributed by atoms with Gasteiger partial charge in [-0.05, 0) is 30.3 Å². The Bertz CT molecular complexity index is 662. The predicted octanol–water partition coefficient (Wildman–Crippen LogP) is 3.33. The predicted molar refractivity (Wildman–Crippen MR) is 73.7 cm³/mol. The average Bonchev–Trinajstić information content (AvgIpc) is 2.41. The Morgan fingerprint density at radius 2 is 2.00 bits per heavy atom. The number of carbonyl (C=O) groups is 1. The number of anilines is 1. The highest BCUT2D eigenvalue weighted by molar-refractivity contribution is 6.31. The van der Waals surface area contributed by atoms with Gasteiger partial charge in [-0.3, -0.25) is 4.79 Å². The minimum Gasteiger partial charge on any atom is -0.378 e. The average molecular weight is 297 g/mol. The van der Waals surface area contributed by atoms with Crippen molar-refractivity contribution in [1.29, 1.82) is 0 Å². The fourth-order valence-corrected chi connectivity index (χ4v) is 1.87. The van der Waals surface area contributed by atoms with Gasteiger partial charge in [0.1, 0.15) is 5.82 Å². The third kappa shape index (κ3) is 3.05. The lowest BCUT2D eigenvalue weighted by Gasteiger charge is -2.10. The number of hydrogen-bond acceptors (Lipinski definition) is 2. The maximum absolute atomic E-state index is 13.7. The van der Waals surface area contributed by atoms with Crippen LogP contribution in [0.1, 0.15) is 15.9 Å². The summed E-state index contributed by atoms with van der Waals surface area (Å²) in [6, 6.07) is 8.23. The highest BCUT2D eigenvalue weighted by Gasteiger charge is 2.09. The Kier molecular flexibility index (Phi) is 4.20. The first kappa shape index (κ1) is 14.3. The molecule has 20 heavy (non-hydrogen) atoms. The molecule has 0 saturated carbocycles. The van der Waals surface area contributed by atoms with E-state index < -0.39 is 17.5 Å². The Morgan fingerprint density at radius 1 is 1.25 bits per heavy atom. The zero-order chi connectivity index (χ0) is 14.7. The Morgan fingerprint density at radius 3 is 2.70 bits per heavy atom. The first-order valence-electron chi connectivity index (χ1n) is 5.75. The summed E-state index contributed by atoms with van der Waals surface area (Å²) in [6.07, 6.45) is 0. The summed E-state index contributed by atoms with van der Waals surface area (Å²) in [4.78, 5) is 11.0. The second kappa shape index (κ2) is 5.88. The summed E-state index contributed by atoms with van der Waals surface area (Å²) in [5.74, 6) is -1.77. The summed E-state index contributed by atoms with van der Waals surface area (Å²) >= 11 is 5.64. The Labute approximate surface area is 119 Å². The van der Waals surface area contributed by atoms with Crippen LogP contribution in [0.4, 0.5) is 14.5 Å². The van der Waals surface area contributed by atoms with Gasteiger partial charge < -0.3 is 11.1 Å². The van der Waals surface area contributed by atoms with E-state index >= 15 is 0 Å². The molecule has 0 atom stereocenters. The van der Waals surface area contributed by atoms with E-state index in [4.69, 9.17) is 17.3 Å². The lowest BCUT2D eigenvalue weighted by atomic mass is 10.1. The molecule has 0 aliphatic rings. The van der Waals surface area contributed by atoms with Crippen LogP contribution in [0.3, 0.4) is 0 Å². The van der Waals surface area contributed by atoms with Gasteiger partial charge in [0.05, 0.1) is 10.7 Å². The molecule has 0 aliphatic heterocycles. The zero-order valence-electron chi connectivity index (χ0n) is 10.3. The normalized spacial score (nSPS) is 10.3. The van der Waals surface area contributed by atoms with Crippen molar-refractivity contribution >= 4 is 23.2 Å². The van der Waals surface area contributed by atoms with E-state index in [2.05, 4.69) is 5.32 Å². The lowest BCUT2D eigenvalue weighted by molar-refractivity contribution is 0.1000. The number of carbonyl (C=O) groups excluding carboxylic acids is 1. The monoisotopic (exact) mass is 296 g/mol. The fraction of sp³-hybridized carbons (Fsp3) is 0.0714. The number of nitrogens with two attached hydrogens (primary N) is 1. The van der Waals surface area contributed by atoms with Crippen molar-refractivity contribution in [3.05, 3.63) is 64.2 Å². The maximum Gasteiger partial charge on any atom is 0.248 e. The summed E-state index contributed by atoms with van der Waals surface area (Å²) < 4.78 is 27.3. The number of nitrogens with one attached hydrogen (secondary N) is 1. The topological polar surface area (TPSA) is 55.1 Å². The molecule has 0 bridgehead atoms. The number of benzene rings is 2. The van der Waals surface area contributed by atoms with Gasteiger partial charge in [0.15, 0.2) is 5.82 Å². The Hall–Kier alpha value is -2.14. The summed E-state index contributed by atoms with van der Waals surface area (Å²) in [5.41, 5.74) is 5.68. The van der Waals surface area contributed by atoms with Crippen LogP contribution in [0, 0.1) is 11.6 Å². The molecule has 0 fully saturated rings. The molecular weight excluding hydrogens is 286 g/mol. The molecule has 0 heterocycles. The zero-order valence-corrected chi connectivity index (χ0v) is 11.0. The smallest absolute Gasteiger partial charge is 0.248 e. The van der Waals surface area contributed by atoms with E-state index in [0.717, 1.165) is 6.07 Å². The van der Waals surface area contributed by atoms with Crippen molar-refractivity contribution < 1.29 is 13.6 Å². The fourth-order valence-electron chi connectivity index (χ4n) is 1.69. The van der Waals surface area contributed by atoms with Gasteiger partial charge in [0, 0.05) is 17.7 Å². The van der Waals surface area contributed by atoms with Gasteiger partial charge in [0.2, 0.25) is 5.91 Å². The SMILES string of the molecule is NC(=O)c1ccc(F)c(CNc2cccc(Cl)c2F)c1. The molecule has 1 amide bonds. The largest absolute Gasteiger partial charge is 0.378 e. The summed E-state index contributed by atoms with van der Waals surface area (Å²) in [6.45, 7) is 0.00418. The first-order valence-corrected chi connectivity index (χ1v) is 6.13. The molecule has 0 spiro atoms. The van der Waals surface area contributed by atoms with Crippen molar-refractivity contribution in [3.8, 4) is 0 Å². The summed E-state index contributed by atoms with van der Waals surface area (Å²) in [5, 5.41) is 2.70. The van der Waals surface area contributed by atoms with Crippen molar-refractivity contribution in [2.75, 3.05) is 5.32 Å². The second-order valence-corrected chi connectivity index (χ2v) is 4.53. The Balaban J connectivity index is 2.20. The number of primary amides is 1. The van der Waals surface area contributed by atoms with Crippen LogP contribution >= 0.6 is 11.6 Å². The van der Waals surface area contributed by atoms with Crippen LogP contribution in [-0.2, 0) is 6.54 Å². The molecule has 2 rings (SSSR count). The molecule has 2 aromatic rings. The molecule has 2 aromatic carbocycles. The highest BCUT2D eigenvalue weighted by atomic mass is 35.5. The van der Waals surface area contributed by atoms with Crippen LogP contribution in [0.25, 0.3) is 0 Å². The first-order chi connectivity index (χ1) is 9.49. The van der Waals surface area contributed by atoms with Crippen LogP contribution in [0.2, 0.25) is 5.02 Å². The third-order valence-electron chi connectivity index (χ3n) is 2.75. The summed E-state index contributed by atoms with van der Waals surface area (Å²) in [7, 11) is 0. The maximum atomic E-state index is 13.7. The standard InChI is InChI=1S/C14H11ClF2N2O/c15-10-2-1-3-12(13(10)17)19-7-9-6-8(14(18)20)4-5-11(9)16/h1-6,19H,7H2,(H2,18,20). The highest BCUT2D eigenvalue weighted by Crippen LogP contribution is 2.23. The molecule has 0 aromatic heterocycles. The second-order valence-electron chi connectivity index (χ2n) is 4.13. The van der Waals surface area contributed by atoms with Gasteiger partial charge in [0.25, 0.3) is 0 Å². The molecule has 0 radical (unpaired) electrons. The van der Waals surface area contributed by atoms with E-state index in [0.29, 0.717) is 0 Å². The van der Waals surface area contributed by atoms with E-state index in [1.807, 2.05) is 0 Å². The van der Waals surface area contributed by atoms with Crippen molar-refractivity contribution in [2.45, 2.75) is 6.54 Å². The molecule has 0 saturated heterocycles. The van der Waals surface area contributed by atoms with Gasteiger partial charge in [-0.2, -0.15) is 0 Å². The minimum absolute atomic E-state index is 0.00418. The molecule has 0 aliphatic carbocycles. The van der Waals surface area contributed by atoms with Crippen molar-refractivity contribution in [2.24, 2.45) is 5.73 Å². The van der Waals surface area contributed by atoms with E-state index in [-0.39, 0.29) is 28.4 Å².